The average Bonchev–Trinajstić information content (AvgIpc) is 2.13. The second-order valence-corrected chi connectivity index (χ2v) is 4.27. The van der Waals surface area contributed by atoms with Crippen LogP contribution in [0.3, 0.4) is 0 Å². The molecule has 1 aliphatic rings. The summed E-state index contributed by atoms with van der Waals surface area (Å²) in [5.41, 5.74) is 0.782. The number of benzene rings is 1. The van der Waals surface area contributed by atoms with Gasteiger partial charge in [0.05, 0.1) is 0 Å². The Morgan fingerprint density at radius 3 is 2.69 bits per heavy atom. The van der Waals surface area contributed by atoms with E-state index in [1.165, 1.54) is 12.1 Å². The fraction of sp³-hybridized carbons (Fsp3) is 0.364. The standard InChI is InChI=1S/C11H11ClO4/c1-11(2)15-8-4-7(13)3-6(5-12)9(8)10(14)16-11/h3-4,13H,5H2,1-2H3. The van der Waals surface area contributed by atoms with Gasteiger partial charge in [-0.3, -0.25) is 0 Å². The lowest BCUT2D eigenvalue weighted by molar-refractivity contribution is -0.127. The molecule has 1 N–H and O–H groups in total. The maximum atomic E-state index is 11.7. The van der Waals surface area contributed by atoms with Crippen LogP contribution in [-0.4, -0.2) is 16.9 Å². The van der Waals surface area contributed by atoms with Gasteiger partial charge < -0.3 is 14.6 Å². The Hall–Kier alpha value is -1.42. The summed E-state index contributed by atoms with van der Waals surface area (Å²) in [6.07, 6.45) is 0. The van der Waals surface area contributed by atoms with Crippen LogP contribution in [0.1, 0.15) is 29.8 Å². The maximum Gasteiger partial charge on any atom is 0.345 e. The largest absolute Gasteiger partial charge is 0.508 e. The lowest BCUT2D eigenvalue weighted by atomic mass is 10.1. The molecule has 1 aliphatic heterocycles. The van der Waals surface area contributed by atoms with Gasteiger partial charge in [0.25, 0.3) is 0 Å². The Labute approximate surface area is 97.7 Å². The minimum absolute atomic E-state index is 0.0138. The first kappa shape index (κ1) is 11.1. The minimum Gasteiger partial charge on any atom is -0.508 e. The fourth-order valence-electron chi connectivity index (χ4n) is 1.63. The van der Waals surface area contributed by atoms with E-state index in [-0.39, 0.29) is 17.2 Å². The zero-order chi connectivity index (χ0) is 11.9. The van der Waals surface area contributed by atoms with Gasteiger partial charge in [-0.05, 0) is 11.6 Å². The zero-order valence-corrected chi connectivity index (χ0v) is 9.67. The molecule has 16 heavy (non-hydrogen) atoms. The molecule has 0 unspecified atom stereocenters. The quantitative estimate of drug-likeness (QED) is 0.607. The number of carbonyl (C=O) groups is 1. The number of esters is 1. The molecule has 0 atom stereocenters. The molecular weight excluding hydrogens is 232 g/mol. The summed E-state index contributed by atoms with van der Waals surface area (Å²) < 4.78 is 10.5. The number of cyclic esters (lactones) is 1. The van der Waals surface area contributed by atoms with Crippen molar-refractivity contribution in [2.24, 2.45) is 0 Å². The molecule has 5 heteroatoms. The summed E-state index contributed by atoms with van der Waals surface area (Å²) >= 11 is 5.70. The molecule has 0 fully saturated rings. The van der Waals surface area contributed by atoms with Gasteiger partial charge in [-0.1, -0.05) is 0 Å². The third-order valence-electron chi connectivity index (χ3n) is 2.21. The number of rotatable bonds is 1. The number of phenolic OH excluding ortho intramolecular Hbond substituents is 1. The van der Waals surface area contributed by atoms with Crippen molar-refractivity contribution in [2.45, 2.75) is 25.5 Å². The molecule has 1 aromatic rings. The van der Waals surface area contributed by atoms with E-state index in [9.17, 15) is 9.90 Å². The highest BCUT2D eigenvalue weighted by Crippen LogP contribution is 2.36. The second kappa shape index (κ2) is 3.56. The van der Waals surface area contributed by atoms with Crippen molar-refractivity contribution in [3.63, 3.8) is 0 Å². The van der Waals surface area contributed by atoms with Crippen LogP contribution in [0.4, 0.5) is 0 Å². The summed E-state index contributed by atoms with van der Waals surface area (Å²) in [6.45, 7) is 3.25. The lowest BCUT2D eigenvalue weighted by Gasteiger charge is -2.32. The van der Waals surface area contributed by atoms with Crippen LogP contribution in [-0.2, 0) is 10.6 Å². The average molecular weight is 243 g/mol. The summed E-state index contributed by atoms with van der Waals surface area (Å²) in [5.74, 6) is -1.09. The van der Waals surface area contributed by atoms with Crippen LogP contribution in [0.2, 0.25) is 0 Å². The van der Waals surface area contributed by atoms with Gasteiger partial charge >= 0.3 is 5.97 Å². The molecule has 1 heterocycles. The number of halogens is 1. The predicted octanol–water partition coefficient (Wildman–Crippen LogP) is 2.42. The number of hydrogen-bond donors (Lipinski definition) is 1. The first-order chi connectivity index (χ1) is 7.43. The first-order valence-corrected chi connectivity index (χ1v) is 5.30. The minimum atomic E-state index is -1.03. The monoisotopic (exact) mass is 242 g/mol. The highest BCUT2D eigenvalue weighted by molar-refractivity contribution is 6.17. The van der Waals surface area contributed by atoms with E-state index in [1.807, 2.05) is 0 Å². The van der Waals surface area contributed by atoms with Crippen molar-refractivity contribution in [1.29, 1.82) is 0 Å². The Balaban J connectivity index is 2.60. The van der Waals surface area contributed by atoms with E-state index in [4.69, 9.17) is 21.1 Å². The maximum absolute atomic E-state index is 11.7. The summed E-state index contributed by atoms with van der Waals surface area (Å²) in [5, 5.41) is 9.47. The van der Waals surface area contributed by atoms with Gasteiger partial charge in [-0.15, -0.1) is 11.6 Å². The lowest BCUT2D eigenvalue weighted by Crippen LogP contribution is -2.39. The topological polar surface area (TPSA) is 55.8 Å². The van der Waals surface area contributed by atoms with Gasteiger partial charge in [0, 0.05) is 25.8 Å². The smallest absolute Gasteiger partial charge is 0.345 e. The second-order valence-electron chi connectivity index (χ2n) is 4.00. The number of aromatic hydroxyl groups is 1. The van der Waals surface area contributed by atoms with E-state index < -0.39 is 11.8 Å². The van der Waals surface area contributed by atoms with Gasteiger partial charge in [-0.2, -0.15) is 0 Å². The number of fused-ring (bicyclic) bond motifs is 1. The van der Waals surface area contributed by atoms with E-state index in [0.29, 0.717) is 11.3 Å². The van der Waals surface area contributed by atoms with Crippen molar-refractivity contribution < 1.29 is 19.4 Å². The molecule has 0 aliphatic carbocycles. The number of alkyl halides is 1. The van der Waals surface area contributed by atoms with Crippen LogP contribution < -0.4 is 4.74 Å². The van der Waals surface area contributed by atoms with Gasteiger partial charge in [0.15, 0.2) is 0 Å². The van der Waals surface area contributed by atoms with Crippen molar-refractivity contribution >= 4 is 17.6 Å². The molecular formula is C11H11ClO4. The molecule has 0 bridgehead atoms. The fourth-order valence-corrected chi connectivity index (χ4v) is 1.85. The van der Waals surface area contributed by atoms with Crippen LogP contribution in [0.25, 0.3) is 0 Å². The molecule has 86 valence electrons. The molecule has 2 rings (SSSR count). The van der Waals surface area contributed by atoms with E-state index in [1.54, 1.807) is 13.8 Å². The van der Waals surface area contributed by atoms with Crippen LogP contribution in [0.5, 0.6) is 11.5 Å². The molecule has 0 spiro atoms. The molecule has 1 aromatic carbocycles. The zero-order valence-electron chi connectivity index (χ0n) is 8.91. The van der Waals surface area contributed by atoms with Crippen molar-refractivity contribution in [3.05, 3.63) is 23.3 Å². The third kappa shape index (κ3) is 1.80. The molecule has 0 aromatic heterocycles. The SMILES string of the molecule is CC1(C)OC(=O)c2c(CCl)cc(O)cc2O1. The van der Waals surface area contributed by atoms with Crippen molar-refractivity contribution in [2.75, 3.05) is 0 Å². The molecule has 0 saturated heterocycles. The van der Waals surface area contributed by atoms with Crippen LogP contribution in [0, 0.1) is 0 Å². The van der Waals surface area contributed by atoms with Crippen LogP contribution >= 0.6 is 11.6 Å². The highest BCUT2D eigenvalue weighted by Gasteiger charge is 2.35. The summed E-state index contributed by atoms with van der Waals surface area (Å²) in [4.78, 5) is 11.7. The molecule has 0 amide bonds. The summed E-state index contributed by atoms with van der Waals surface area (Å²) in [6, 6.07) is 2.81. The first-order valence-electron chi connectivity index (χ1n) is 4.77. The Morgan fingerprint density at radius 2 is 2.06 bits per heavy atom. The Bertz CT molecular complexity index is 454. The van der Waals surface area contributed by atoms with E-state index in [0.717, 1.165) is 0 Å². The summed E-state index contributed by atoms with van der Waals surface area (Å²) in [7, 11) is 0. The number of ether oxygens (including phenoxy) is 2. The molecule has 4 nitrogen and oxygen atoms in total. The van der Waals surface area contributed by atoms with E-state index in [2.05, 4.69) is 0 Å². The third-order valence-corrected chi connectivity index (χ3v) is 2.50. The molecule has 0 radical (unpaired) electrons. The van der Waals surface area contributed by atoms with Crippen LogP contribution in [0.15, 0.2) is 12.1 Å². The normalized spacial score (nSPS) is 17.3. The van der Waals surface area contributed by atoms with Crippen molar-refractivity contribution in [1.82, 2.24) is 0 Å². The van der Waals surface area contributed by atoms with Gasteiger partial charge in [0.1, 0.15) is 17.1 Å². The number of hydrogen-bond acceptors (Lipinski definition) is 4. The van der Waals surface area contributed by atoms with Crippen molar-refractivity contribution in [3.8, 4) is 11.5 Å². The molecule has 0 saturated carbocycles. The van der Waals surface area contributed by atoms with Gasteiger partial charge in [0.2, 0.25) is 5.79 Å². The number of phenols is 1. The Morgan fingerprint density at radius 1 is 1.38 bits per heavy atom. The van der Waals surface area contributed by atoms with E-state index >= 15 is 0 Å². The van der Waals surface area contributed by atoms with Gasteiger partial charge in [-0.25, -0.2) is 4.79 Å². The predicted molar refractivity (Wildman–Crippen MR) is 57.8 cm³/mol. The number of carbonyl (C=O) groups excluding carboxylic acids is 1. The Kier molecular flexibility index (Phi) is 2.46. The highest BCUT2D eigenvalue weighted by atomic mass is 35.5.